The minimum atomic E-state index is -1.52. The molecule has 1 aliphatic rings. The van der Waals surface area contributed by atoms with Gasteiger partial charge < -0.3 is 4.74 Å². The van der Waals surface area contributed by atoms with Crippen LogP contribution < -0.4 is 0 Å². The first kappa shape index (κ1) is 9.93. The summed E-state index contributed by atoms with van der Waals surface area (Å²) in [6.45, 7) is 1.31. The van der Waals surface area contributed by atoms with Crippen LogP contribution in [0.3, 0.4) is 0 Å². The molecule has 12 heavy (non-hydrogen) atoms. The maximum atomic E-state index is 12.8. The molecule has 0 spiro atoms. The topological polar surface area (TPSA) is 26.3 Å². The van der Waals surface area contributed by atoms with Crippen LogP contribution in [0.1, 0.15) is 19.3 Å². The van der Waals surface area contributed by atoms with Gasteiger partial charge in [0.15, 0.2) is 6.17 Å². The van der Waals surface area contributed by atoms with Crippen LogP contribution in [-0.4, -0.2) is 24.6 Å². The van der Waals surface area contributed by atoms with Gasteiger partial charge in [0.05, 0.1) is 0 Å². The summed E-state index contributed by atoms with van der Waals surface area (Å²) in [7, 11) is 0. The second-order valence-electron chi connectivity index (χ2n) is 3.09. The van der Waals surface area contributed by atoms with Gasteiger partial charge in [-0.25, -0.2) is 4.39 Å². The zero-order valence-corrected chi connectivity index (χ0v) is 7.52. The van der Waals surface area contributed by atoms with Gasteiger partial charge in [-0.2, -0.15) is 0 Å². The van der Waals surface area contributed by atoms with Crippen molar-refractivity contribution >= 4 is 16.8 Å². The summed E-state index contributed by atoms with van der Waals surface area (Å²) in [5.74, 6) is 0.163. The highest BCUT2D eigenvalue weighted by molar-refractivity contribution is 6.64. The van der Waals surface area contributed by atoms with Gasteiger partial charge in [0, 0.05) is 13.2 Å². The van der Waals surface area contributed by atoms with E-state index in [1.54, 1.807) is 0 Å². The fourth-order valence-corrected chi connectivity index (χ4v) is 1.47. The van der Waals surface area contributed by atoms with E-state index >= 15 is 0 Å². The molecule has 0 amide bonds. The third kappa shape index (κ3) is 3.07. The van der Waals surface area contributed by atoms with Crippen LogP contribution in [-0.2, 0) is 9.53 Å². The number of hydrogen-bond donors (Lipinski definition) is 0. The third-order valence-corrected chi connectivity index (χ3v) is 2.28. The van der Waals surface area contributed by atoms with Crippen molar-refractivity contribution in [2.75, 3.05) is 13.2 Å². The van der Waals surface area contributed by atoms with E-state index in [-0.39, 0.29) is 12.3 Å². The van der Waals surface area contributed by atoms with E-state index in [4.69, 9.17) is 16.3 Å². The highest BCUT2D eigenvalue weighted by Crippen LogP contribution is 2.20. The molecule has 0 N–H and O–H groups in total. The molecule has 0 saturated carbocycles. The Morgan fingerprint density at radius 2 is 2.50 bits per heavy atom. The monoisotopic (exact) mass is 194 g/mol. The van der Waals surface area contributed by atoms with Gasteiger partial charge in [0.2, 0.25) is 0 Å². The number of hydrogen-bond acceptors (Lipinski definition) is 2. The van der Waals surface area contributed by atoms with E-state index in [2.05, 4.69) is 0 Å². The maximum Gasteiger partial charge on any atom is 0.255 e. The molecule has 0 aliphatic carbocycles. The van der Waals surface area contributed by atoms with E-state index in [0.29, 0.717) is 6.61 Å². The molecule has 4 heteroatoms. The predicted molar refractivity (Wildman–Crippen MR) is 43.9 cm³/mol. The molecule has 2 nitrogen and oxygen atoms in total. The molecule has 0 aromatic heterocycles. The fourth-order valence-electron chi connectivity index (χ4n) is 1.38. The van der Waals surface area contributed by atoms with Crippen molar-refractivity contribution in [3.63, 3.8) is 0 Å². The van der Waals surface area contributed by atoms with Crippen LogP contribution in [0.4, 0.5) is 4.39 Å². The molecule has 1 aliphatic heterocycles. The number of alkyl halides is 1. The number of carbonyl (C=O) groups excluding carboxylic acids is 1. The molecule has 1 heterocycles. The van der Waals surface area contributed by atoms with E-state index in [0.717, 1.165) is 19.4 Å². The van der Waals surface area contributed by atoms with Crippen LogP contribution in [0.25, 0.3) is 0 Å². The summed E-state index contributed by atoms with van der Waals surface area (Å²) < 4.78 is 17.9. The molecule has 0 aromatic rings. The van der Waals surface area contributed by atoms with Gasteiger partial charge in [0.1, 0.15) is 0 Å². The fraction of sp³-hybridized carbons (Fsp3) is 0.875. The van der Waals surface area contributed by atoms with Gasteiger partial charge in [-0.3, -0.25) is 4.79 Å². The molecule has 70 valence electrons. The lowest BCUT2D eigenvalue weighted by molar-refractivity contribution is -0.117. The number of ether oxygens (including phenoxy) is 1. The van der Waals surface area contributed by atoms with Crippen molar-refractivity contribution in [1.82, 2.24) is 0 Å². The molecule has 1 saturated heterocycles. The Bertz CT molecular complexity index is 157. The Labute approximate surface area is 76.0 Å². The second kappa shape index (κ2) is 4.77. The predicted octanol–water partition coefficient (Wildman–Crippen LogP) is 1.91. The summed E-state index contributed by atoms with van der Waals surface area (Å²) in [5, 5.41) is -0.888. The highest BCUT2D eigenvalue weighted by atomic mass is 35.5. The SMILES string of the molecule is O=C(Cl)C(F)CC1CCCOC1. The Kier molecular flexibility index (Phi) is 3.95. The Balaban J connectivity index is 2.24. The molecule has 2 atom stereocenters. The minimum Gasteiger partial charge on any atom is -0.381 e. The van der Waals surface area contributed by atoms with Crippen LogP contribution in [0.2, 0.25) is 0 Å². The van der Waals surface area contributed by atoms with Crippen molar-refractivity contribution < 1.29 is 13.9 Å². The quantitative estimate of drug-likeness (QED) is 0.642. The van der Waals surface area contributed by atoms with Gasteiger partial charge in [-0.05, 0) is 36.8 Å². The lowest BCUT2D eigenvalue weighted by Crippen LogP contribution is -2.23. The van der Waals surface area contributed by atoms with Crippen molar-refractivity contribution in [2.24, 2.45) is 5.92 Å². The van der Waals surface area contributed by atoms with Crippen molar-refractivity contribution in [3.05, 3.63) is 0 Å². The summed E-state index contributed by atoms with van der Waals surface area (Å²) in [5.41, 5.74) is 0. The summed E-state index contributed by atoms with van der Waals surface area (Å²) in [6.07, 6.45) is 0.583. The first-order chi connectivity index (χ1) is 5.70. The van der Waals surface area contributed by atoms with Gasteiger partial charge in [-0.1, -0.05) is 0 Å². The van der Waals surface area contributed by atoms with Gasteiger partial charge >= 0.3 is 0 Å². The molecule has 1 rings (SSSR count). The molecule has 0 bridgehead atoms. The number of carbonyl (C=O) groups is 1. The molecule has 0 radical (unpaired) electrons. The summed E-state index contributed by atoms with van der Waals surface area (Å²) >= 11 is 4.99. The first-order valence-electron chi connectivity index (χ1n) is 4.11. The zero-order valence-electron chi connectivity index (χ0n) is 6.76. The van der Waals surface area contributed by atoms with E-state index < -0.39 is 11.4 Å². The van der Waals surface area contributed by atoms with E-state index in [9.17, 15) is 9.18 Å². The smallest absolute Gasteiger partial charge is 0.255 e. The largest absolute Gasteiger partial charge is 0.381 e. The van der Waals surface area contributed by atoms with Crippen LogP contribution in [0, 0.1) is 5.92 Å². The molecular formula is C8H12ClFO2. The van der Waals surface area contributed by atoms with Crippen LogP contribution in [0.5, 0.6) is 0 Å². The van der Waals surface area contributed by atoms with Crippen LogP contribution in [0.15, 0.2) is 0 Å². The molecule has 1 fully saturated rings. The standard InChI is InChI=1S/C8H12ClFO2/c9-8(11)7(10)4-6-2-1-3-12-5-6/h6-7H,1-5H2. The van der Waals surface area contributed by atoms with Crippen molar-refractivity contribution in [3.8, 4) is 0 Å². The molecule has 0 aromatic carbocycles. The highest BCUT2D eigenvalue weighted by Gasteiger charge is 2.22. The number of rotatable bonds is 3. The van der Waals surface area contributed by atoms with E-state index in [1.165, 1.54) is 0 Å². The second-order valence-corrected chi connectivity index (χ2v) is 3.46. The zero-order chi connectivity index (χ0) is 8.97. The molecule has 2 unspecified atom stereocenters. The summed E-state index contributed by atoms with van der Waals surface area (Å²) in [4.78, 5) is 10.4. The van der Waals surface area contributed by atoms with Crippen molar-refractivity contribution in [2.45, 2.75) is 25.4 Å². The average Bonchev–Trinajstić information content (AvgIpc) is 2.06. The third-order valence-electron chi connectivity index (χ3n) is 2.04. The number of halogens is 2. The summed E-state index contributed by atoms with van der Waals surface area (Å²) in [6, 6.07) is 0. The minimum absolute atomic E-state index is 0.163. The Hall–Kier alpha value is -0.150. The van der Waals surface area contributed by atoms with E-state index in [1.807, 2.05) is 0 Å². The lowest BCUT2D eigenvalue weighted by Gasteiger charge is -2.22. The maximum absolute atomic E-state index is 12.8. The Morgan fingerprint density at radius 1 is 1.75 bits per heavy atom. The lowest BCUT2D eigenvalue weighted by atomic mass is 9.96. The van der Waals surface area contributed by atoms with Gasteiger partial charge in [0.25, 0.3) is 5.24 Å². The van der Waals surface area contributed by atoms with Crippen LogP contribution >= 0.6 is 11.6 Å². The molecular weight excluding hydrogens is 183 g/mol. The average molecular weight is 195 g/mol. The Morgan fingerprint density at radius 3 is 3.00 bits per heavy atom. The van der Waals surface area contributed by atoms with Gasteiger partial charge in [-0.15, -0.1) is 0 Å². The first-order valence-corrected chi connectivity index (χ1v) is 4.49. The van der Waals surface area contributed by atoms with Crippen molar-refractivity contribution in [1.29, 1.82) is 0 Å². The normalized spacial score (nSPS) is 26.7.